The molecule has 0 saturated carbocycles. The van der Waals surface area contributed by atoms with Crippen molar-refractivity contribution in [2.24, 2.45) is 0 Å². The second-order valence-electron chi connectivity index (χ2n) is 9.08. The number of hydrogen-bond acceptors (Lipinski definition) is 5. The van der Waals surface area contributed by atoms with Crippen molar-refractivity contribution < 1.29 is 19.4 Å². The lowest BCUT2D eigenvalue weighted by Crippen LogP contribution is -2.41. The molecule has 2 aliphatic heterocycles. The van der Waals surface area contributed by atoms with Crippen molar-refractivity contribution in [1.29, 1.82) is 0 Å². The number of morpholine rings is 1. The quantitative estimate of drug-likeness (QED) is 0.583. The summed E-state index contributed by atoms with van der Waals surface area (Å²) in [5.74, 6) is 0.0835. The number of carboxylic acid groups (broad SMARTS) is 1. The highest BCUT2D eigenvalue weighted by atomic mass is 16.5. The maximum Gasteiger partial charge on any atom is 0.336 e. The summed E-state index contributed by atoms with van der Waals surface area (Å²) in [6, 6.07) is 12.7. The average Bonchev–Trinajstić information content (AvgIpc) is 3.30. The third-order valence-electron chi connectivity index (χ3n) is 7.15. The van der Waals surface area contributed by atoms with E-state index in [0.717, 1.165) is 86.9 Å². The summed E-state index contributed by atoms with van der Waals surface area (Å²) in [5.41, 5.74) is 5.50. The van der Waals surface area contributed by atoms with Crippen LogP contribution in [0, 0.1) is 6.92 Å². The van der Waals surface area contributed by atoms with E-state index in [4.69, 9.17) is 9.47 Å². The fraction of sp³-hybridized carbons (Fsp3) is 0.444. The molecule has 0 atom stereocenters. The SMILES string of the molecule is CCN(c1c(C)c(C(=O)O)cc2cc(-c3ccccc3N3CCOCC3)cn12)C1CCOCC1. The Bertz CT molecular complexity index is 1180. The number of anilines is 2. The Balaban J connectivity index is 1.66. The number of aromatic nitrogens is 1. The van der Waals surface area contributed by atoms with Gasteiger partial charge in [-0.05, 0) is 44.9 Å². The largest absolute Gasteiger partial charge is 0.478 e. The Labute approximate surface area is 200 Å². The van der Waals surface area contributed by atoms with Gasteiger partial charge in [0.05, 0.1) is 18.8 Å². The molecule has 5 rings (SSSR count). The summed E-state index contributed by atoms with van der Waals surface area (Å²) >= 11 is 0. The highest BCUT2D eigenvalue weighted by Crippen LogP contribution is 2.37. The number of carbonyl (C=O) groups is 1. The number of nitrogens with zero attached hydrogens (tertiary/aromatic N) is 3. The maximum absolute atomic E-state index is 12.2. The molecule has 0 unspecified atom stereocenters. The number of para-hydroxylation sites is 1. The molecular weight excluding hydrogens is 430 g/mol. The maximum atomic E-state index is 12.2. The number of aromatic carboxylic acids is 1. The fourth-order valence-corrected chi connectivity index (χ4v) is 5.43. The second kappa shape index (κ2) is 9.68. The van der Waals surface area contributed by atoms with Crippen LogP contribution in [0.4, 0.5) is 11.5 Å². The highest BCUT2D eigenvalue weighted by Gasteiger charge is 2.27. The van der Waals surface area contributed by atoms with Crippen LogP contribution < -0.4 is 9.80 Å². The first-order chi connectivity index (χ1) is 16.6. The Morgan fingerprint density at radius 2 is 1.79 bits per heavy atom. The molecule has 7 heteroatoms. The van der Waals surface area contributed by atoms with Crippen molar-refractivity contribution in [1.82, 2.24) is 4.40 Å². The van der Waals surface area contributed by atoms with E-state index in [1.165, 1.54) is 5.69 Å². The second-order valence-corrected chi connectivity index (χ2v) is 9.08. The molecule has 7 nitrogen and oxygen atoms in total. The van der Waals surface area contributed by atoms with Crippen LogP contribution in [-0.2, 0) is 9.47 Å². The highest BCUT2D eigenvalue weighted by molar-refractivity contribution is 5.94. The average molecular weight is 464 g/mol. The van der Waals surface area contributed by atoms with E-state index in [9.17, 15) is 9.90 Å². The van der Waals surface area contributed by atoms with Crippen LogP contribution in [0.25, 0.3) is 16.6 Å². The van der Waals surface area contributed by atoms with Crippen LogP contribution in [0.5, 0.6) is 0 Å². The van der Waals surface area contributed by atoms with Gasteiger partial charge in [0.2, 0.25) is 0 Å². The molecular formula is C27H33N3O4. The summed E-state index contributed by atoms with van der Waals surface area (Å²) in [6.07, 6.45) is 4.06. The Morgan fingerprint density at radius 3 is 2.50 bits per heavy atom. The molecule has 0 radical (unpaired) electrons. The van der Waals surface area contributed by atoms with Gasteiger partial charge in [0.15, 0.2) is 0 Å². The molecule has 180 valence electrons. The van der Waals surface area contributed by atoms with Crippen molar-refractivity contribution in [2.75, 3.05) is 55.9 Å². The van der Waals surface area contributed by atoms with E-state index in [1.54, 1.807) is 6.07 Å². The molecule has 3 aromatic rings. The third kappa shape index (κ3) is 4.14. The van der Waals surface area contributed by atoms with Gasteiger partial charge in [0.1, 0.15) is 5.82 Å². The van der Waals surface area contributed by atoms with Crippen molar-refractivity contribution in [3.8, 4) is 11.1 Å². The van der Waals surface area contributed by atoms with Crippen LogP contribution in [0.2, 0.25) is 0 Å². The van der Waals surface area contributed by atoms with E-state index in [-0.39, 0.29) is 0 Å². The standard InChI is InChI=1S/C27H33N3O4/c1-3-29(21-8-12-33-13-9-21)26-19(2)24(27(31)32)17-22-16-20(18-30(22)26)23-6-4-5-7-25(23)28-10-14-34-15-11-28/h4-7,16-18,21H,3,8-15H2,1-2H3,(H,31,32). The molecule has 4 heterocycles. The fourth-order valence-electron chi connectivity index (χ4n) is 5.43. The monoisotopic (exact) mass is 463 g/mol. The van der Waals surface area contributed by atoms with Crippen LogP contribution in [0.1, 0.15) is 35.7 Å². The Hall–Kier alpha value is -3.03. The van der Waals surface area contributed by atoms with Gasteiger partial charge >= 0.3 is 5.97 Å². The van der Waals surface area contributed by atoms with Gasteiger partial charge in [-0.1, -0.05) is 18.2 Å². The third-order valence-corrected chi connectivity index (χ3v) is 7.15. The number of fused-ring (bicyclic) bond motifs is 1. The summed E-state index contributed by atoms with van der Waals surface area (Å²) in [6.45, 7) is 9.56. The van der Waals surface area contributed by atoms with Gasteiger partial charge in [-0.2, -0.15) is 0 Å². The summed E-state index contributed by atoms with van der Waals surface area (Å²) in [7, 11) is 0. The number of hydrogen-bond donors (Lipinski definition) is 1. The zero-order valence-electron chi connectivity index (χ0n) is 20.0. The molecule has 0 spiro atoms. The first kappa shape index (κ1) is 22.7. The summed E-state index contributed by atoms with van der Waals surface area (Å²) in [4.78, 5) is 16.9. The van der Waals surface area contributed by atoms with Crippen LogP contribution in [-0.4, -0.2) is 67.6 Å². The van der Waals surface area contributed by atoms with Crippen molar-refractivity contribution in [2.45, 2.75) is 32.7 Å². The van der Waals surface area contributed by atoms with Gasteiger partial charge in [0, 0.05) is 73.0 Å². The van der Waals surface area contributed by atoms with Gasteiger partial charge in [-0.25, -0.2) is 4.79 Å². The van der Waals surface area contributed by atoms with Crippen molar-refractivity contribution in [3.05, 3.63) is 53.7 Å². The van der Waals surface area contributed by atoms with Crippen LogP contribution >= 0.6 is 0 Å². The molecule has 0 aliphatic carbocycles. The minimum atomic E-state index is -0.888. The number of carboxylic acids is 1. The van der Waals surface area contributed by atoms with Gasteiger partial charge in [-0.3, -0.25) is 0 Å². The number of pyridine rings is 1. The predicted molar refractivity (Wildman–Crippen MR) is 134 cm³/mol. The molecule has 1 N–H and O–H groups in total. The molecule has 0 bridgehead atoms. The minimum absolute atomic E-state index is 0.330. The van der Waals surface area contributed by atoms with Crippen LogP contribution in [0.3, 0.4) is 0 Å². The molecule has 2 aromatic heterocycles. The normalized spacial score (nSPS) is 17.3. The molecule has 2 fully saturated rings. The molecule has 2 aliphatic rings. The summed E-state index contributed by atoms with van der Waals surface area (Å²) in [5, 5.41) is 9.99. The van der Waals surface area contributed by atoms with Crippen molar-refractivity contribution >= 4 is 23.0 Å². The molecule has 1 aromatic carbocycles. The lowest BCUT2D eigenvalue weighted by molar-refractivity contribution is 0.0695. The van der Waals surface area contributed by atoms with E-state index in [1.807, 2.05) is 6.92 Å². The Kier molecular flexibility index (Phi) is 6.48. The zero-order chi connectivity index (χ0) is 23.7. The number of benzene rings is 1. The van der Waals surface area contributed by atoms with Crippen LogP contribution in [0.15, 0.2) is 42.6 Å². The zero-order valence-corrected chi connectivity index (χ0v) is 20.0. The molecule has 2 saturated heterocycles. The first-order valence-electron chi connectivity index (χ1n) is 12.2. The van der Waals surface area contributed by atoms with Gasteiger partial charge < -0.3 is 28.8 Å². The molecule has 34 heavy (non-hydrogen) atoms. The lowest BCUT2D eigenvalue weighted by atomic mass is 10.0. The lowest BCUT2D eigenvalue weighted by Gasteiger charge is -2.36. The molecule has 0 amide bonds. The first-order valence-corrected chi connectivity index (χ1v) is 12.2. The van der Waals surface area contributed by atoms with Gasteiger partial charge in [0.25, 0.3) is 0 Å². The smallest absolute Gasteiger partial charge is 0.336 e. The van der Waals surface area contributed by atoms with Crippen molar-refractivity contribution in [3.63, 3.8) is 0 Å². The van der Waals surface area contributed by atoms with E-state index < -0.39 is 5.97 Å². The minimum Gasteiger partial charge on any atom is -0.478 e. The summed E-state index contributed by atoms with van der Waals surface area (Å²) < 4.78 is 13.3. The topological polar surface area (TPSA) is 66.7 Å². The number of ether oxygens (including phenoxy) is 2. The Morgan fingerprint density at radius 1 is 1.09 bits per heavy atom. The predicted octanol–water partition coefficient (Wildman–Crippen LogP) is 4.45. The van der Waals surface area contributed by atoms with Gasteiger partial charge in [-0.15, -0.1) is 0 Å². The van der Waals surface area contributed by atoms with E-state index in [2.05, 4.69) is 57.7 Å². The van der Waals surface area contributed by atoms with E-state index >= 15 is 0 Å². The number of rotatable bonds is 6. The van der Waals surface area contributed by atoms with E-state index in [0.29, 0.717) is 11.6 Å².